The first-order valence-electron chi connectivity index (χ1n) is 6.19. The van der Waals surface area contributed by atoms with Gasteiger partial charge in [0.15, 0.2) is 0 Å². The molecular weight excluding hydrogens is 196 g/mol. The average molecular weight is 216 g/mol. The van der Waals surface area contributed by atoms with Crippen molar-refractivity contribution in [1.82, 2.24) is 0 Å². The molecule has 0 unspecified atom stereocenters. The smallest absolute Gasteiger partial charge is 0.101 e. The van der Waals surface area contributed by atoms with Gasteiger partial charge in [0.2, 0.25) is 0 Å². The zero-order valence-corrected chi connectivity index (χ0v) is 10.0. The van der Waals surface area contributed by atoms with Crippen LogP contribution in [-0.2, 0) is 4.74 Å². The molecule has 1 aliphatic rings. The SMILES string of the molecule is C=c1cccc/c1=C(/C)OC1CCCCC1. The van der Waals surface area contributed by atoms with Crippen molar-refractivity contribution in [2.24, 2.45) is 0 Å². The average Bonchev–Trinajstić information content (AvgIpc) is 2.31. The first-order chi connectivity index (χ1) is 7.77. The molecule has 1 aliphatic carbocycles. The number of rotatable bonds is 2. The molecule has 1 aromatic rings. The van der Waals surface area contributed by atoms with Crippen LogP contribution in [0, 0.1) is 0 Å². The molecule has 1 nitrogen and oxygen atoms in total. The van der Waals surface area contributed by atoms with Crippen LogP contribution in [0.3, 0.4) is 0 Å². The van der Waals surface area contributed by atoms with Crippen molar-refractivity contribution >= 4 is 12.3 Å². The van der Waals surface area contributed by atoms with E-state index in [9.17, 15) is 0 Å². The molecule has 2 rings (SSSR count). The first-order valence-corrected chi connectivity index (χ1v) is 6.19. The van der Waals surface area contributed by atoms with Crippen molar-refractivity contribution in [2.75, 3.05) is 0 Å². The third-order valence-corrected chi connectivity index (χ3v) is 3.29. The summed E-state index contributed by atoms with van der Waals surface area (Å²) >= 11 is 0. The van der Waals surface area contributed by atoms with E-state index in [1.807, 2.05) is 18.2 Å². The monoisotopic (exact) mass is 216 g/mol. The molecule has 0 spiro atoms. The van der Waals surface area contributed by atoms with Gasteiger partial charge in [-0.1, -0.05) is 37.3 Å². The van der Waals surface area contributed by atoms with E-state index in [0.717, 1.165) is 16.2 Å². The summed E-state index contributed by atoms with van der Waals surface area (Å²) in [6.07, 6.45) is 6.82. The van der Waals surface area contributed by atoms with Gasteiger partial charge in [-0.25, -0.2) is 0 Å². The standard InChI is InChI=1S/C15H20O/c1-12-8-6-7-11-15(12)13(2)16-14-9-4-3-5-10-14/h6-8,11,14H,1,3-5,9-10H2,2H3/b15-13+. The van der Waals surface area contributed by atoms with E-state index in [1.165, 1.54) is 32.1 Å². The van der Waals surface area contributed by atoms with Gasteiger partial charge in [0.25, 0.3) is 0 Å². The lowest BCUT2D eigenvalue weighted by atomic mass is 9.98. The Morgan fingerprint density at radius 2 is 1.88 bits per heavy atom. The minimum Gasteiger partial charge on any atom is -0.494 e. The quantitative estimate of drug-likeness (QED) is 0.738. The van der Waals surface area contributed by atoms with Gasteiger partial charge in [0, 0.05) is 5.22 Å². The fourth-order valence-corrected chi connectivity index (χ4v) is 2.36. The molecule has 0 atom stereocenters. The maximum absolute atomic E-state index is 6.03. The van der Waals surface area contributed by atoms with Crippen molar-refractivity contribution in [1.29, 1.82) is 0 Å². The summed E-state index contributed by atoms with van der Waals surface area (Å²) < 4.78 is 6.03. The molecule has 0 saturated heterocycles. The van der Waals surface area contributed by atoms with Gasteiger partial charge in [-0.15, -0.1) is 0 Å². The van der Waals surface area contributed by atoms with E-state index in [1.54, 1.807) is 0 Å². The van der Waals surface area contributed by atoms with E-state index in [-0.39, 0.29) is 0 Å². The van der Waals surface area contributed by atoms with Gasteiger partial charge in [-0.2, -0.15) is 0 Å². The second kappa shape index (κ2) is 5.20. The lowest BCUT2D eigenvalue weighted by Crippen LogP contribution is -2.27. The zero-order chi connectivity index (χ0) is 11.4. The van der Waals surface area contributed by atoms with Gasteiger partial charge >= 0.3 is 0 Å². The van der Waals surface area contributed by atoms with Crippen LogP contribution in [0.15, 0.2) is 24.3 Å². The summed E-state index contributed by atoms with van der Waals surface area (Å²) in [6, 6.07) is 8.17. The van der Waals surface area contributed by atoms with E-state index < -0.39 is 0 Å². The summed E-state index contributed by atoms with van der Waals surface area (Å²) in [4.78, 5) is 0. The summed E-state index contributed by atoms with van der Waals surface area (Å²) in [7, 11) is 0. The highest BCUT2D eigenvalue weighted by Crippen LogP contribution is 2.22. The van der Waals surface area contributed by atoms with E-state index in [2.05, 4.69) is 19.6 Å². The minimum absolute atomic E-state index is 0.424. The van der Waals surface area contributed by atoms with Crippen molar-refractivity contribution in [3.63, 3.8) is 0 Å². The third-order valence-electron chi connectivity index (χ3n) is 3.29. The Kier molecular flexibility index (Phi) is 3.66. The Morgan fingerprint density at radius 3 is 2.56 bits per heavy atom. The number of hydrogen-bond donors (Lipinski definition) is 0. The summed E-state index contributed by atoms with van der Waals surface area (Å²) in [5, 5.41) is 2.20. The molecule has 16 heavy (non-hydrogen) atoms. The third kappa shape index (κ3) is 2.66. The van der Waals surface area contributed by atoms with Crippen LogP contribution in [0.4, 0.5) is 0 Å². The number of ether oxygens (including phenoxy) is 1. The topological polar surface area (TPSA) is 9.23 Å². The van der Waals surface area contributed by atoms with Gasteiger partial charge in [-0.05, 0) is 37.8 Å². The van der Waals surface area contributed by atoms with Crippen LogP contribution < -0.4 is 10.4 Å². The maximum atomic E-state index is 6.03. The van der Waals surface area contributed by atoms with Gasteiger partial charge in [0.05, 0.1) is 6.10 Å². The van der Waals surface area contributed by atoms with E-state index in [0.29, 0.717) is 6.10 Å². The number of benzene rings is 1. The fraction of sp³-hybridized carbons (Fsp3) is 0.467. The molecule has 0 aliphatic heterocycles. The van der Waals surface area contributed by atoms with Gasteiger partial charge in [0.1, 0.15) is 5.76 Å². The van der Waals surface area contributed by atoms with Crippen LogP contribution in [-0.4, -0.2) is 6.10 Å². The Morgan fingerprint density at radius 1 is 1.19 bits per heavy atom. The summed E-state index contributed by atoms with van der Waals surface area (Å²) in [6.45, 7) is 6.09. The molecule has 0 heterocycles. The second-order valence-corrected chi connectivity index (χ2v) is 4.59. The molecule has 0 aromatic heterocycles. The van der Waals surface area contributed by atoms with Crippen molar-refractivity contribution in [2.45, 2.75) is 45.1 Å². The molecular formula is C15H20O. The number of hydrogen-bond acceptors (Lipinski definition) is 1. The van der Waals surface area contributed by atoms with Crippen molar-refractivity contribution < 1.29 is 4.74 Å². The summed E-state index contributed by atoms with van der Waals surface area (Å²) in [5.74, 6) is 1.03. The van der Waals surface area contributed by atoms with E-state index >= 15 is 0 Å². The highest BCUT2D eigenvalue weighted by molar-refractivity contribution is 5.35. The fourth-order valence-electron chi connectivity index (χ4n) is 2.36. The Hall–Kier alpha value is -1.24. The zero-order valence-electron chi connectivity index (χ0n) is 10.0. The molecule has 1 heteroatoms. The van der Waals surface area contributed by atoms with Crippen LogP contribution in [0.2, 0.25) is 0 Å². The first kappa shape index (κ1) is 11.3. The largest absolute Gasteiger partial charge is 0.494 e. The molecule has 1 aromatic carbocycles. The van der Waals surface area contributed by atoms with Crippen molar-refractivity contribution in [3.8, 4) is 0 Å². The Labute approximate surface area is 97.4 Å². The van der Waals surface area contributed by atoms with Gasteiger partial charge in [-0.3, -0.25) is 0 Å². The molecule has 1 fully saturated rings. The lowest BCUT2D eigenvalue weighted by Gasteiger charge is -2.23. The minimum atomic E-state index is 0.424. The summed E-state index contributed by atoms with van der Waals surface area (Å²) in [5.41, 5.74) is 0. The molecule has 1 saturated carbocycles. The molecule has 0 radical (unpaired) electrons. The van der Waals surface area contributed by atoms with Crippen LogP contribution in [0.25, 0.3) is 12.3 Å². The molecule has 0 bridgehead atoms. The Bertz CT molecular complexity index is 441. The highest BCUT2D eigenvalue weighted by atomic mass is 16.5. The maximum Gasteiger partial charge on any atom is 0.101 e. The Balaban J connectivity index is 2.18. The highest BCUT2D eigenvalue weighted by Gasteiger charge is 2.14. The van der Waals surface area contributed by atoms with Gasteiger partial charge < -0.3 is 4.74 Å². The predicted octanol–water partition coefficient (Wildman–Crippen LogP) is 2.57. The molecule has 86 valence electrons. The molecule has 0 amide bonds. The second-order valence-electron chi connectivity index (χ2n) is 4.59. The normalized spacial score (nSPS) is 19.3. The van der Waals surface area contributed by atoms with Crippen LogP contribution in [0.1, 0.15) is 39.0 Å². The van der Waals surface area contributed by atoms with E-state index in [4.69, 9.17) is 4.74 Å². The van der Waals surface area contributed by atoms with Crippen LogP contribution in [0.5, 0.6) is 0 Å². The van der Waals surface area contributed by atoms with Crippen LogP contribution >= 0.6 is 0 Å². The lowest BCUT2D eigenvalue weighted by molar-refractivity contribution is 0.121. The van der Waals surface area contributed by atoms with Crippen molar-refractivity contribution in [3.05, 3.63) is 34.7 Å². The molecule has 0 N–H and O–H groups in total. The predicted molar refractivity (Wildman–Crippen MR) is 68.3 cm³/mol.